The van der Waals surface area contributed by atoms with Crippen molar-refractivity contribution >= 4 is 27.3 Å². The molecule has 0 aromatic carbocycles. The second kappa shape index (κ2) is 8.24. The van der Waals surface area contributed by atoms with Crippen LogP contribution in [0.3, 0.4) is 0 Å². The molecule has 3 nitrogen and oxygen atoms in total. The zero-order valence-corrected chi connectivity index (χ0v) is 11.1. The van der Waals surface area contributed by atoms with E-state index in [-0.39, 0.29) is 0 Å². The molecule has 0 atom stereocenters. The molecule has 1 aromatic rings. The van der Waals surface area contributed by atoms with Gasteiger partial charge in [0.15, 0.2) is 0 Å². The van der Waals surface area contributed by atoms with E-state index in [2.05, 4.69) is 22.0 Å². The standard InChI is InChI=1S/C10H15BrO3S/c1-12-3-4-13-5-6-14-8-9-2-7-15-10(9)11/h2,7H,3-6,8H2,1H3. The first-order valence-electron chi connectivity index (χ1n) is 4.71. The highest BCUT2D eigenvalue weighted by atomic mass is 79.9. The number of hydrogen-bond donors (Lipinski definition) is 0. The van der Waals surface area contributed by atoms with Gasteiger partial charge in [-0.1, -0.05) is 0 Å². The van der Waals surface area contributed by atoms with Crippen LogP contribution in [-0.2, 0) is 20.8 Å². The molecule has 1 rings (SSSR count). The van der Waals surface area contributed by atoms with Crippen LogP contribution in [-0.4, -0.2) is 33.5 Å². The van der Waals surface area contributed by atoms with Crippen molar-refractivity contribution in [1.29, 1.82) is 0 Å². The Morgan fingerprint density at radius 1 is 1.20 bits per heavy atom. The molecule has 1 heterocycles. The normalized spacial score (nSPS) is 10.8. The van der Waals surface area contributed by atoms with E-state index in [1.807, 2.05) is 5.38 Å². The quantitative estimate of drug-likeness (QED) is 0.690. The van der Waals surface area contributed by atoms with Crippen LogP contribution >= 0.6 is 27.3 Å². The van der Waals surface area contributed by atoms with Crippen molar-refractivity contribution in [1.82, 2.24) is 0 Å². The molecule has 0 unspecified atom stereocenters. The van der Waals surface area contributed by atoms with E-state index in [4.69, 9.17) is 14.2 Å². The second-order valence-electron chi connectivity index (χ2n) is 2.88. The fourth-order valence-electron chi connectivity index (χ4n) is 0.966. The van der Waals surface area contributed by atoms with Crippen LogP contribution in [0.1, 0.15) is 5.56 Å². The van der Waals surface area contributed by atoms with Gasteiger partial charge in [-0.2, -0.15) is 0 Å². The van der Waals surface area contributed by atoms with Crippen molar-refractivity contribution < 1.29 is 14.2 Å². The van der Waals surface area contributed by atoms with Gasteiger partial charge in [0.05, 0.1) is 36.8 Å². The number of rotatable bonds is 8. The minimum Gasteiger partial charge on any atom is -0.382 e. The minimum absolute atomic E-state index is 0.616. The van der Waals surface area contributed by atoms with Crippen LogP contribution in [0, 0.1) is 0 Å². The number of ether oxygens (including phenoxy) is 3. The van der Waals surface area contributed by atoms with E-state index < -0.39 is 0 Å². The molecule has 0 N–H and O–H groups in total. The van der Waals surface area contributed by atoms with Crippen LogP contribution in [0.15, 0.2) is 15.2 Å². The summed E-state index contributed by atoms with van der Waals surface area (Å²) in [5.74, 6) is 0. The topological polar surface area (TPSA) is 27.7 Å². The maximum Gasteiger partial charge on any atom is 0.0753 e. The van der Waals surface area contributed by atoms with E-state index in [0.717, 1.165) is 3.79 Å². The molecule has 5 heteroatoms. The van der Waals surface area contributed by atoms with E-state index in [9.17, 15) is 0 Å². The van der Waals surface area contributed by atoms with Crippen LogP contribution < -0.4 is 0 Å². The largest absolute Gasteiger partial charge is 0.382 e. The molecule has 0 fully saturated rings. The van der Waals surface area contributed by atoms with Crippen LogP contribution in [0.5, 0.6) is 0 Å². The molecule has 15 heavy (non-hydrogen) atoms. The highest BCUT2D eigenvalue weighted by molar-refractivity contribution is 9.11. The first-order chi connectivity index (χ1) is 7.34. The maximum absolute atomic E-state index is 5.45. The second-order valence-corrected chi connectivity index (χ2v) is 5.11. The number of hydrogen-bond acceptors (Lipinski definition) is 4. The Morgan fingerprint density at radius 3 is 2.60 bits per heavy atom. The highest BCUT2D eigenvalue weighted by Gasteiger charge is 2.00. The van der Waals surface area contributed by atoms with Crippen molar-refractivity contribution in [2.24, 2.45) is 0 Å². The van der Waals surface area contributed by atoms with Crippen LogP contribution in [0.2, 0.25) is 0 Å². The molecule has 0 saturated heterocycles. The lowest BCUT2D eigenvalue weighted by Gasteiger charge is -2.04. The van der Waals surface area contributed by atoms with E-state index in [1.165, 1.54) is 5.56 Å². The maximum atomic E-state index is 5.45. The van der Waals surface area contributed by atoms with Crippen LogP contribution in [0.25, 0.3) is 0 Å². The van der Waals surface area contributed by atoms with Gasteiger partial charge < -0.3 is 14.2 Å². The first kappa shape index (κ1) is 13.1. The van der Waals surface area contributed by atoms with Crippen molar-refractivity contribution in [2.75, 3.05) is 33.5 Å². The van der Waals surface area contributed by atoms with Gasteiger partial charge in [0.2, 0.25) is 0 Å². The van der Waals surface area contributed by atoms with Crippen molar-refractivity contribution in [3.63, 3.8) is 0 Å². The van der Waals surface area contributed by atoms with Gasteiger partial charge in [-0.25, -0.2) is 0 Å². The van der Waals surface area contributed by atoms with Gasteiger partial charge >= 0.3 is 0 Å². The van der Waals surface area contributed by atoms with E-state index >= 15 is 0 Å². The average Bonchev–Trinajstić information content (AvgIpc) is 2.63. The van der Waals surface area contributed by atoms with E-state index in [1.54, 1.807) is 18.4 Å². The molecule has 1 aromatic heterocycles. The summed E-state index contributed by atoms with van der Waals surface area (Å²) in [5, 5.41) is 2.04. The van der Waals surface area contributed by atoms with Crippen LogP contribution in [0.4, 0.5) is 0 Å². The third-order valence-corrected chi connectivity index (χ3v) is 3.57. The summed E-state index contributed by atoms with van der Waals surface area (Å²) in [4.78, 5) is 0. The number of methoxy groups -OCH3 is 1. The number of thiophene rings is 1. The lowest BCUT2D eigenvalue weighted by molar-refractivity contribution is 0.0199. The molecule has 86 valence electrons. The summed E-state index contributed by atoms with van der Waals surface area (Å²) in [6.07, 6.45) is 0. The highest BCUT2D eigenvalue weighted by Crippen LogP contribution is 2.23. The molecule has 0 aliphatic rings. The Kier molecular flexibility index (Phi) is 7.21. The van der Waals surface area contributed by atoms with E-state index in [0.29, 0.717) is 33.0 Å². The van der Waals surface area contributed by atoms with Crippen molar-refractivity contribution in [3.05, 3.63) is 20.8 Å². The van der Waals surface area contributed by atoms with Crippen molar-refractivity contribution in [3.8, 4) is 0 Å². The van der Waals surface area contributed by atoms with Gasteiger partial charge in [-0.3, -0.25) is 0 Å². The Hall–Kier alpha value is 0.0600. The zero-order valence-electron chi connectivity index (χ0n) is 8.70. The lowest BCUT2D eigenvalue weighted by atomic mass is 10.4. The molecule has 0 saturated carbocycles. The fraction of sp³-hybridized carbons (Fsp3) is 0.600. The van der Waals surface area contributed by atoms with Crippen molar-refractivity contribution in [2.45, 2.75) is 6.61 Å². The summed E-state index contributed by atoms with van der Waals surface area (Å²) < 4.78 is 16.7. The molecule has 0 bridgehead atoms. The third-order valence-electron chi connectivity index (χ3n) is 1.75. The molecule has 0 spiro atoms. The molecule has 0 aliphatic carbocycles. The average molecular weight is 295 g/mol. The fourth-order valence-corrected chi connectivity index (χ4v) is 2.17. The summed E-state index contributed by atoms with van der Waals surface area (Å²) >= 11 is 5.13. The summed E-state index contributed by atoms with van der Waals surface area (Å²) in [7, 11) is 1.66. The molecule has 0 radical (unpaired) electrons. The lowest BCUT2D eigenvalue weighted by Crippen LogP contribution is -2.08. The minimum atomic E-state index is 0.616. The van der Waals surface area contributed by atoms with Gasteiger partial charge in [-0.05, 0) is 27.4 Å². The third kappa shape index (κ3) is 5.63. The molecular formula is C10H15BrO3S. The predicted molar refractivity (Wildman–Crippen MR) is 64.4 cm³/mol. The molecule has 0 amide bonds. The summed E-state index contributed by atoms with van der Waals surface area (Å²) in [6.45, 7) is 3.13. The molecular weight excluding hydrogens is 280 g/mol. The van der Waals surface area contributed by atoms with Gasteiger partial charge in [0.25, 0.3) is 0 Å². The summed E-state index contributed by atoms with van der Waals surface area (Å²) in [6, 6.07) is 2.06. The van der Waals surface area contributed by atoms with Gasteiger partial charge in [-0.15, -0.1) is 11.3 Å². The Bertz CT molecular complexity index is 265. The number of halogens is 1. The molecule has 0 aliphatic heterocycles. The van der Waals surface area contributed by atoms with Gasteiger partial charge in [0, 0.05) is 12.7 Å². The Morgan fingerprint density at radius 2 is 1.93 bits per heavy atom. The first-order valence-corrected chi connectivity index (χ1v) is 6.38. The smallest absolute Gasteiger partial charge is 0.0753 e. The van der Waals surface area contributed by atoms with Gasteiger partial charge in [0.1, 0.15) is 0 Å². The zero-order chi connectivity index (χ0) is 10.9. The predicted octanol–water partition coefficient (Wildman–Crippen LogP) is 2.69. The Labute approximate surface area is 102 Å². The summed E-state index contributed by atoms with van der Waals surface area (Å²) in [5.41, 5.74) is 1.19. The Balaban J connectivity index is 1.96. The SMILES string of the molecule is COCCOCCOCc1ccsc1Br. The monoisotopic (exact) mass is 294 g/mol.